The van der Waals surface area contributed by atoms with E-state index >= 15 is 0 Å². The summed E-state index contributed by atoms with van der Waals surface area (Å²) < 4.78 is 37.4. The third-order valence-electron chi connectivity index (χ3n) is 4.83. The Balaban J connectivity index is 1.66. The standard InChI is InChI=1S/C24H25BrO9/c1-14(26)34-23(16-6-7-18-19(11-16)33-13-32-18)17(25)12-31-22(27)8-5-15-9-20(28-2)24(30-4)21(10-15)29-3/h5-11,17,23H,12-13H2,1-4H3. The van der Waals surface area contributed by atoms with Crippen molar-refractivity contribution in [1.29, 1.82) is 0 Å². The van der Waals surface area contributed by atoms with E-state index in [1.54, 1.807) is 36.4 Å². The van der Waals surface area contributed by atoms with Crippen molar-refractivity contribution in [3.63, 3.8) is 0 Å². The zero-order chi connectivity index (χ0) is 24.7. The van der Waals surface area contributed by atoms with E-state index in [1.807, 2.05) is 0 Å². The van der Waals surface area contributed by atoms with Gasteiger partial charge in [0.25, 0.3) is 0 Å². The molecule has 2 aromatic carbocycles. The quantitative estimate of drug-likeness (QED) is 0.252. The first-order chi connectivity index (χ1) is 16.4. The van der Waals surface area contributed by atoms with E-state index < -0.39 is 22.9 Å². The lowest BCUT2D eigenvalue weighted by Crippen LogP contribution is -2.24. The highest BCUT2D eigenvalue weighted by atomic mass is 79.9. The lowest BCUT2D eigenvalue weighted by atomic mass is 10.1. The molecule has 2 unspecified atom stereocenters. The molecule has 34 heavy (non-hydrogen) atoms. The van der Waals surface area contributed by atoms with Crippen LogP contribution in [0.15, 0.2) is 36.4 Å². The fraction of sp³-hybridized carbons (Fsp3) is 0.333. The average molecular weight is 537 g/mol. The van der Waals surface area contributed by atoms with Crippen LogP contribution in [-0.2, 0) is 19.1 Å². The van der Waals surface area contributed by atoms with Crippen molar-refractivity contribution < 1.29 is 42.7 Å². The van der Waals surface area contributed by atoms with Crippen LogP contribution in [0, 0.1) is 0 Å². The van der Waals surface area contributed by atoms with Crippen LogP contribution in [0.4, 0.5) is 0 Å². The Bertz CT molecular complexity index is 1040. The summed E-state index contributed by atoms with van der Waals surface area (Å²) in [5.41, 5.74) is 1.32. The molecule has 9 nitrogen and oxygen atoms in total. The van der Waals surface area contributed by atoms with E-state index in [-0.39, 0.29) is 13.4 Å². The summed E-state index contributed by atoms with van der Waals surface area (Å²) in [5.74, 6) is 1.49. The minimum absolute atomic E-state index is 0.0508. The van der Waals surface area contributed by atoms with Crippen molar-refractivity contribution >= 4 is 33.9 Å². The summed E-state index contributed by atoms with van der Waals surface area (Å²) in [6.07, 6.45) is 2.14. The molecule has 0 spiro atoms. The maximum atomic E-state index is 12.3. The smallest absolute Gasteiger partial charge is 0.330 e. The van der Waals surface area contributed by atoms with Gasteiger partial charge in [-0.1, -0.05) is 22.0 Å². The Kier molecular flexibility index (Phi) is 8.64. The number of esters is 2. The molecular formula is C24H25BrO9. The molecule has 10 heteroatoms. The van der Waals surface area contributed by atoms with Crippen LogP contribution in [0.5, 0.6) is 28.7 Å². The lowest BCUT2D eigenvalue weighted by Gasteiger charge is -2.22. The Morgan fingerprint density at radius 2 is 1.71 bits per heavy atom. The summed E-state index contributed by atoms with van der Waals surface area (Å²) in [7, 11) is 4.53. The van der Waals surface area contributed by atoms with E-state index in [0.717, 1.165) is 0 Å². The van der Waals surface area contributed by atoms with Crippen molar-refractivity contribution in [2.45, 2.75) is 17.9 Å². The first kappa shape index (κ1) is 25.2. The minimum Gasteiger partial charge on any atom is -0.493 e. The highest BCUT2D eigenvalue weighted by molar-refractivity contribution is 9.09. The number of benzene rings is 2. The molecule has 0 saturated carbocycles. The highest BCUT2D eigenvalue weighted by Crippen LogP contribution is 2.39. The molecule has 1 heterocycles. The topological polar surface area (TPSA) is 98.8 Å². The monoisotopic (exact) mass is 536 g/mol. The average Bonchev–Trinajstić information content (AvgIpc) is 3.31. The first-order valence-corrected chi connectivity index (χ1v) is 11.1. The molecule has 0 saturated heterocycles. The second-order valence-corrected chi connectivity index (χ2v) is 8.26. The molecule has 0 amide bonds. The normalized spacial score (nSPS) is 13.8. The third-order valence-corrected chi connectivity index (χ3v) is 5.57. The van der Waals surface area contributed by atoms with Gasteiger partial charge in [0.15, 0.2) is 23.0 Å². The Morgan fingerprint density at radius 1 is 1.03 bits per heavy atom. The number of rotatable bonds is 10. The van der Waals surface area contributed by atoms with Crippen LogP contribution in [-0.4, -0.2) is 51.5 Å². The molecule has 1 aliphatic heterocycles. The highest BCUT2D eigenvalue weighted by Gasteiger charge is 2.27. The van der Waals surface area contributed by atoms with Gasteiger partial charge in [0, 0.05) is 13.0 Å². The van der Waals surface area contributed by atoms with Gasteiger partial charge >= 0.3 is 11.9 Å². The van der Waals surface area contributed by atoms with Crippen LogP contribution >= 0.6 is 15.9 Å². The summed E-state index contributed by atoms with van der Waals surface area (Å²) in [5, 5.41) is 0. The summed E-state index contributed by atoms with van der Waals surface area (Å²) >= 11 is 3.47. The van der Waals surface area contributed by atoms with E-state index in [9.17, 15) is 9.59 Å². The number of ether oxygens (including phenoxy) is 7. The molecule has 0 radical (unpaired) electrons. The van der Waals surface area contributed by atoms with Gasteiger partial charge in [0.05, 0.1) is 26.2 Å². The number of hydrogen-bond donors (Lipinski definition) is 0. The number of fused-ring (bicyclic) bond motifs is 1. The van der Waals surface area contributed by atoms with Gasteiger partial charge in [0.1, 0.15) is 12.7 Å². The van der Waals surface area contributed by atoms with Gasteiger partial charge in [-0.25, -0.2) is 4.79 Å². The fourth-order valence-electron chi connectivity index (χ4n) is 3.28. The van der Waals surface area contributed by atoms with E-state index in [1.165, 1.54) is 34.3 Å². The number of carbonyl (C=O) groups is 2. The van der Waals surface area contributed by atoms with Crippen LogP contribution in [0.25, 0.3) is 6.08 Å². The van der Waals surface area contributed by atoms with Gasteiger partial charge in [0.2, 0.25) is 12.5 Å². The molecule has 2 atom stereocenters. The SMILES string of the molecule is COc1cc(C=CC(=O)OCC(Br)C(OC(C)=O)c2ccc3c(c2)OCO3)cc(OC)c1OC. The number of carbonyl (C=O) groups excluding carboxylic acids is 2. The largest absolute Gasteiger partial charge is 0.493 e. The van der Waals surface area contributed by atoms with E-state index in [2.05, 4.69) is 15.9 Å². The second kappa shape index (κ2) is 11.6. The maximum Gasteiger partial charge on any atom is 0.330 e. The maximum absolute atomic E-state index is 12.3. The van der Waals surface area contributed by atoms with Crippen molar-refractivity contribution in [3.05, 3.63) is 47.5 Å². The Labute approximate surface area is 205 Å². The molecule has 0 aromatic heterocycles. The van der Waals surface area contributed by atoms with Gasteiger partial charge < -0.3 is 33.2 Å². The minimum atomic E-state index is -0.709. The number of halogens is 1. The Morgan fingerprint density at radius 3 is 2.32 bits per heavy atom. The predicted molar refractivity (Wildman–Crippen MR) is 126 cm³/mol. The van der Waals surface area contributed by atoms with E-state index in [0.29, 0.717) is 39.9 Å². The zero-order valence-electron chi connectivity index (χ0n) is 19.2. The molecule has 0 fully saturated rings. The van der Waals surface area contributed by atoms with Gasteiger partial charge in [-0.2, -0.15) is 0 Å². The molecule has 2 aromatic rings. The van der Waals surface area contributed by atoms with Crippen molar-refractivity contribution in [3.8, 4) is 28.7 Å². The molecule has 0 bridgehead atoms. The second-order valence-electron chi connectivity index (χ2n) is 7.08. The van der Waals surface area contributed by atoms with Crippen molar-refractivity contribution in [2.24, 2.45) is 0 Å². The van der Waals surface area contributed by atoms with Crippen LogP contribution < -0.4 is 23.7 Å². The summed E-state index contributed by atoms with van der Waals surface area (Å²) in [6.45, 7) is 1.39. The molecule has 1 aliphatic rings. The van der Waals surface area contributed by atoms with Crippen molar-refractivity contribution in [1.82, 2.24) is 0 Å². The van der Waals surface area contributed by atoms with Gasteiger partial charge in [-0.15, -0.1) is 0 Å². The zero-order valence-corrected chi connectivity index (χ0v) is 20.7. The van der Waals surface area contributed by atoms with Crippen molar-refractivity contribution in [2.75, 3.05) is 34.7 Å². The molecule has 0 N–H and O–H groups in total. The number of alkyl halides is 1. The fourth-order valence-corrected chi connectivity index (χ4v) is 3.82. The molecule has 182 valence electrons. The Hall–Kier alpha value is -3.40. The van der Waals surface area contributed by atoms with Crippen LogP contribution in [0.3, 0.4) is 0 Å². The van der Waals surface area contributed by atoms with E-state index in [4.69, 9.17) is 33.2 Å². The molecular weight excluding hydrogens is 512 g/mol. The van der Waals surface area contributed by atoms with Crippen LogP contribution in [0.1, 0.15) is 24.2 Å². The predicted octanol–water partition coefficient (Wildman–Crippen LogP) is 4.07. The number of methoxy groups -OCH3 is 3. The summed E-state index contributed by atoms with van der Waals surface area (Å²) in [4.78, 5) is 23.5. The third kappa shape index (κ3) is 6.13. The molecule has 3 rings (SSSR count). The van der Waals surface area contributed by atoms with Crippen LogP contribution in [0.2, 0.25) is 0 Å². The number of hydrogen-bond acceptors (Lipinski definition) is 9. The van der Waals surface area contributed by atoms with Gasteiger partial charge in [-0.3, -0.25) is 4.79 Å². The van der Waals surface area contributed by atoms with Gasteiger partial charge in [-0.05, 0) is 41.5 Å². The summed E-state index contributed by atoms with van der Waals surface area (Å²) in [6, 6.07) is 8.64. The molecule has 0 aliphatic carbocycles. The lowest BCUT2D eigenvalue weighted by molar-refractivity contribution is -0.147. The first-order valence-electron chi connectivity index (χ1n) is 10.2.